The number of carbonyl (C=O) groups excluding carboxylic acids is 2. The Hall–Kier alpha value is -1.06. The van der Waals surface area contributed by atoms with E-state index < -0.39 is 0 Å². The number of unbranched alkanes of at least 4 members (excludes halogenated alkanes) is 7. The van der Waals surface area contributed by atoms with Crippen LogP contribution in [0.25, 0.3) is 0 Å². The lowest BCUT2D eigenvalue weighted by atomic mass is 9.99. The molecule has 1 rings (SSSR count). The Kier molecular flexibility index (Phi) is 8.40. The molecule has 4 nitrogen and oxygen atoms in total. The second-order valence-electron chi connectivity index (χ2n) is 6.47. The summed E-state index contributed by atoms with van der Waals surface area (Å²) in [6.45, 7) is 7.13. The molecule has 0 saturated carbocycles. The van der Waals surface area contributed by atoms with Gasteiger partial charge < -0.3 is 10.2 Å². The van der Waals surface area contributed by atoms with E-state index in [1.807, 2.05) is 13.8 Å². The molecule has 0 bridgehead atoms. The van der Waals surface area contributed by atoms with Crippen molar-refractivity contribution in [1.82, 2.24) is 10.2 Å². The van der Waals surface area contributed by atoms with Crippen LogP contribution in [0, 0.1) is 5.92 Å². The molecule has 1 aliphatic rings. The summed E-state index contributed by atoms with van der Waals surface area (Å²) in [5, 5.41) is 2.69. The van der Waals surface area contributed by atoms with Crippen molar-refractivity contribution in [2.75, 3.05) is 13.1 Å². The minimum atomic E-state index is -0.282. The third-order valence-corrected chi connectivity index (χ3v) is 4.22. The van der Waals surface area contributed by atoms with Gasteiger partial charge in [-0.15, -0.1) is 0 Å². The van der Waals surface area contributed by atoms with Gasteiger partial charge in [-0.1, -0.05) is 65.7 Å². The zero-order valence-electron chi connectivity index (χ0n) is 14.0. The molecule has 0 radical (unpaired) electrons. The van der Waals surface area contributed by atoms with E-state index in [1.165, 1.54) is 38.5 Å². The van der Waals surface area contributed by atoms with Gasteiger partial charge in [0.1, 0.15) is 6.04 Å². The van der Waals surface area contributed by atoms with Crippen molar-refractivity contribution < 1.29 is 9.59 Å². The molecule has 122 valence electrons. The highest BCUT2D eigenvalue weighted by molar-refractivity contribution is 5.94. The lowest BCUT2D eigenvalue weighted by Crippen LogP contribution is -2.60. The molecule has 1 unspecified atom stereocenters. The maximum Gasteiger partial charge on any atom is 0.243 e. The Balaban J connectivity index is 2.25. The highest BCUT2D eigenvalue weighted by Crippen LogP contribution is 2.16. The number of rotatable bonds is 10. The molecule has 1 N–H and O–H groups in total. The predicted molar refractivity (Wildman–Crippen MR) is 86.0 cm³/mol. The molecule has 0 aromatic rings. The van der Waals surface area contributed by atoms with Crippen molar-refractivity contribution in [2.24, 2.45) is 5.92 Å². The molecule has 4 heteroatoms. The van der Waals surface area contributed by atoms with Crippen molar-refractivity contribution in [3.05, 3.63) is 0 Å². The summed E-state index contributed by atoms with van der Waals surface area (Å²) in [6.07, 6.45) is 10.00. The number of nitrogens with zero attached hydrogens (tertiary/aromatic N) is 1. The van der Waals surface area contributed by atoms with Gasteiger partial charge in [-0.25, -0.2) is 0 Å². The first-order valence-electron chi connectivity index (χ1n) is 8.65. The van der Waals surface area contributed by atoms with Gasteiger partial charge in [0.15, 0.2) is 0 Å². The van der Waals surface area contributed by atoms with E-state index in [2.05, 4.69) is 12.2 Å². The molecule has 0 spiro atoms. The summed E-state index contributed by atoms with van der Waals surface area (Å²) < 4.78 is 0. The summed E-state index contributed by atoms with van der Waals surface area (Å²) >= 11 is 0. The molecule has 1 atom stereocenters. The van der Waals surface area contributed by atoms with Crippen LogP contribution in [0.3, 0.4) is 0 Å². The van der Waals surface area contributed by atoms with Gasteiger partial charge in [-0.3, -0.25) is 9.59 Å². The largest absolute Gasteiger partial charge is 0.345 e. The van der Waals surface area contributed by atoms with Gasteiger partial charge in [-0.05, 0) is 12.3 Å². The lowest BCUT2D eigenvalue weighted by Gasteiger charge is -2.37. The van der Waals surface area contributed by atoms with E-state index in [1.54, 1.807) is 4.90 Å². The average molecular weight is 296 g/mol. The third kappa shape index (κ3) is 6.06. The molecule has 0 aromatic carbocycles. The number of carbonyl (C=O) groups is 2. The molecular formula is C17H32N2O2. The number of hydrogen-bond acceptors (Lipinski definition) is 2. The Morgan fingerprint density at radius 1 is 1.05 bits per heavy atom. The van der Waals surface area contributed by atoms with Crippen molar-refractivity contribution in [2.45, 2.75) is 78.2 Å². The number of nitrogens with one attached hydrogen (secondary N) is 1. The van der Waals surface area contributed by atoms with Gasteiger partial charge in [-0.2, -0.15) is 0 Å². The monoisotopic (exact) mass is 296 g/mol. The van der Waals surface area contributed by atoms with E-state index in [0.29, 0.717) is 0 Å². The Labute approximate surface area is 129 Å². The van der Waals surface area contributed by atoms with Crippen LogP contribution in [-0.2, 0) is 9.59 Å². The van der Waals surface area contributed by atoms with E-state index in [-0.39, 0.29) is 30.3 Å². The van der Waals surface area contributed by atoms with Crippen LogP contribution in [0.15, 0.2) is 0 Å². The molecule has 21 heavy (non-hydrogen) atoms. The Bertz CT molecular complexity index is 329. The van der Waals surface area contributed by atoms with Crippen molar-refractivity contribution in [3.63, 3.8) is 0 Å². The zero-order chi connectivity index (χ0) is 15.7. The van der Waals surface area contributed by atoms with Crippen LogP contribution in [-0.4, -0.2) is 35.8 Å². The van der Waals surface area contributed by atoms with Crippen molar-refractivity contribution in [1.29, 1.82) is 0 Å². The van der Waals surface area contributed by atoms with Gasteiger partial charge in [0.2, 0.25) is 11.8 Å². The predicted octanol–water partition coefficient (Wildman–Crippen LogP) is 3.11. The molecule has 1 saturated heterocycles. The topological polar surface area (TPSA) is 49.4 Å². The van der Waals surface area contributed by atoms with Gasteiger partial charge >= 0.3 is 0 Å². The van der Waals surface area contributed by atoms with Crippen LogP contribution in [0.4, 0.5) is 0 Å². The molecule has 1 heterocycles. The van der Waals surface area contributed by atoms with Gasteiger partial charge in [0.05, 0.1) is 6.54 Å². The normalized spacial score (nSPS) is 19.2. The van der Waals surface area contributed by atoms with E-state index in [9.17, 15) is 9.59 Å². The van der Waals surface area contributed by atoms with E-state index in [4.69, 9.17) is 0 Å². The van der Waals surface area contributed by atoms with Gasteiger partial charge in [0, 0.05) is 6.54 Å². The third-order valence-electron chi connectivity index (χ3n) is 4.22. The molecule has 1 aliphatic heterocycles. The second kappa shape index (κ2) is 9.80. The quantitative estimate of drug-likeness (QED) is 0.630. The molecule has 2 amide bonds. The fourth-order valence-electron chi connectivity index (χ4n) is 3.01. The lowest BCUT2D eigenvalue weighted by molar-refractivity contribution is -0.147. The molecule has 1 fully saturated rings. The Morgan fingerprint density at radius 3 is 2.19 bits per heavy atom. The van der Waals surface area contributed by atoms with Crippen LogP contribution in [0.5, 0.6) is 0 Å². The second-order valence-corrected chi connectivity index (χ2v) is 6.47. The number of hydrogen-bond donors (Lipinski definition) is 1. The number of amides is 2. The molecule has 0 aromatic heterocycles. The van der Waals surface area contributed by atoms with Crippen LogP contribution in [0.2, 0.25) is 0 Å². The highest BCUT2D eigenvalue weighted by Gasteiger charge is 2.35. The minimum Gasteiger partial charge on any atom is -0.345 e. The molecular weight excluding hydrogens is 264 g/mol. The first kappa shape index (κ1) is 18.0. The number of piperazine rings is 1. The van der Waals surface area contributed by atoms with Crippen LogP contribution in [0.1, 0.15) is 72.1 Å². The first-order chi connectivity index (χ1) is 10.1. The maximum absolute atomic E-state index is 12.0. The van der Waals surface area contributed by atoms with Crippen LogP contribution < -0.4 is 5.32 Å². The highest BCUT2D eigenvalue weighted by atomic mass is 16.2. The first-order valence-corrected chi connectivity index (χ1v) is 8.65. The van der Waals surface area contributed by atoms with E-state index >= 15 is 0 Å². The smallest absolute Gasteiger partial charge is 0.243 e. The van der Waals surface area contributed by atoms with Crippen molar-refractivity contribution >= 4 is 11.8 Å². The minimum absolute atomic E-state index is 0.00386. The van der Waals surface area contributed by atoms with E-state index in [0.717, 1.165) is 19.4 Å². The fourth-order valence-corrected chi connectivity index (χ4v) is 3.01. The SMILES string of the molecule is CCCCCCCCCCN1C(=O)CNC(=O)C1C(C)C. The maximum atomic E-state index is 12.0. The zero-order valence-corrected chi connectivity index (χ0v) is 14.0. The van der Waals surface area contributed by atoms with Crippen LogP contribution >= 0.6 is 0 Å². The summed E-state index contributed by atoms with van der Waals surface area (Å²) in [5.41, 5.74) is 0. The van der Waals surface area contributed by atoms with Gasteiger partial charge in [0.25, 0.3) is 0 Å². The standard InChI is InChI=1S/C17H32N2O2/c1-4-5-6-7-8-9-10-11-12-19-15(20)13-18-17(21)16(19)14(2)3/h14,16H,4-13H2,1-3H3,(H,18,21). The summed E-state index contributed by atoms with van der Waals surface area (Å²) in [7, 11) is 0. The fraction of sp³-hybridized carbons (Fsp3) is 0.882. The summed E-state index contributed by atoms with van der Waals surface area (Å²) in [4.78, 5) is 25.7. The van der Waals surface area contributed by atoms with Crippen molar-refractivity contribution in [3.8, 4) is 0 Å². The summed E-state index contributed by atoms with van der Waals surface area (Å²) in [6, 6.07) is -0.282. The summed E-state index contributed by atoms with van der Waals surface area (Å²) in [5.74, 6) is 0.240. The average Bonchev–Trinajstić information content (AvgIpc) is 2.44. The Morgan fingerprint density at radius 2 is 1.62 bits per heavy atom. The molecule has 0 aliphatic carbocycles.